The van der Waals surface area contributed by atoms with Gasteiger partial charge >= 0.3 is 0 Å². The standard InChI is InChI=1S/C20H18ClN3OS/c1-12-4-6-15(21)10-17(12)23-19(25)13-5-7-16-18(9-13)26-20(24-16)14-3-2-8-22-11-14/h2-4,6,8,10-11,13H,5,7,9H2,1H3,(H,23,25). The molecule has 4 nitrogen and oxygen atoms in total. The van der Waals surface area contributed by atoms with Crippen LogP contribution in [-0.2, 0) is 17.6 Å². The fourth-order valence-electron chi connectivity index (χ4n) is 3.18. The highest BCUT2D eigenvalue weighted by Crippen LogP contribution is 2.35. The monoisotopic (exact) mass is 383 g/mol. The van der Waals surface area contributed by atoms with E-state index in [0.717, 1.165) is 46.8 Å². The van der Waals surface area contributed by atoms with Crippen molar-refractivity contribution in [2.75, 3.05) is 5.32 Å². The van der Waals surface area contributed by atoms with E-state index in [-0.39, 0.29) is 11.8 Å². The Hall–Kier alpha value is -2.24. The SMILES string of the molecule is Cc1ccc(Cl)cc1NC(=O)C1CCc2nc(-c3cccnc3)sc2C1. The molecule has 0 bridgehead atoms. The van der Waals surface area contributed by atoms with Crippen LogP contribution in [0.4, 0.5) is 5.69 Å². The maximum Gasteiger partial charge on any atom is 0.227 e. The van der Waals surface area contributed by atoms with Gasteiger partial charge < -0.3 is 5.32 Å². The first kappa shape index (κ1) is 17.2. The van der Waals surface area contributed by atoms with Crippen LogP contribution in [-0.4, -0.2) is 15.9 Å². The third-order valence-electron chi connectivity index (χ3n) is 4.68. The van der Waals surface area contributed by atoms with Crippen molar-refractivity contribution in [1.82, 2.24) is 9.97 Å². The van der Waals surface area contributed by atoms with Crippen LogP contribution in [0.2, 0.25) is 5.02 Å². The second-order valence-corrected chi connectivity index (χ2v) is 8.04. The number of carbonyl (C=O) groups excluding carboxylic acids is 1. The molecule has 2 aromatic heterocycles. The second-order valence-electron chi connectivity index (χ2n) is 6.52. The second kappa shape index (κ2) is 7.17. The summed E-state index contributed by atoms with van der Waals surface area (Å²) >= 11 is 7.72. The Labute approximate surface area is 161 Å². The van der Waals surface area contributed by atoms with Gasteiger partial charge in [-0.25, -0.2) is 4.98 Å². The molecule has 1 N–H and O–H groups in total. The summed E-state index contributed by atoms with van der Waals surface area (Å²) in [5.41, 5.74) is 3.95. The highest BCUT2D eigenvalue weighted by Gasteiger charge is 2.28. The molecule has 1 aliphatic carbocycles. The molecule has 6 heteroatoms. The van der Waals surface area contributed by atoms with E-state index in [4.69, 9.17) is 16.6 Å². The number of carbonyl (C=O) groups is 1. The zero-order chi connectivity index (χ0) is 18.1. The van der Waals surface area contributed by atoms with Crippen molar-refractivity contribution in [3.05, 3.63) is 63.9 Å². The highest BCUT2D eigenvalue weighted by molar-refractivity contribution is 7.15. The molecule has 132 valence electrons. The van der Waals surface area contributed by atoms with Crippen molar-refractivity contribution in [3.8, 4) is 10.6 Å². The van der Waals surface area contributed by atoms with Gasteiger partial charge in [0.15, 0.2) is 0 Å². The fraction of sp³-hybridized carbons (Fsp3) is 0.250. The molecular formula is C20H18ClN3OS. The summed E-state index contributed by atoms with van der Waals surface area (Å²) in [6, 6.07) is 9.48. The number of pyridine rings is 1. The van der Waals surface area contributed by atoms with Crippen molar-refractivity contribution < 1.29 is 4.79 Å². The van der Waals surface area contributed by atoms with Gasteiger partial charge in [-0.05, 0) is 56.0 Å². The molecule has 1 unspecified atom stereocenters. The number of benzene rings is 1. The Bertz CT molecular complexity index is 955. The first-order chi connectivity index (χ1) is 12.6. The van der Waals surface area contributed by atoms with Crippen molar-refractivity contribution in [2.45, 2.75) is 26.2 Å². The van der Waals surface area contributed by atoms with Gasteiger partial charge in [-0.1, -0.05) is 17.7 Å². The minimum absolute atomic E-state index is 0.0388. The number of fused-ring (bicyclic) bond motifs is 1. The van der Waals surface area contributed by atoms with Crippen LogP contribution < -0.4 is 5.32 Å². The Morgan fingerprint density at radius 1 is 1.35 bits per heavy atom. The lowest BCUT2D eigenvalue weighted by molar-refractivity contribution is -0.120. The average molecular weight is 384 g/mol. The summed E-state index contributed by atoms with van der Waals surface area (Å²) in [4.78, 5) is 22.9. The molecule has 4 rings (SSSR count). The van der Waals surface area contributed by atoms with Gasteiger partial charge in [-0.15, -0.1) is 11.3 Å². The first-order valence-corrected chi connectivity index (χ1v) is 9.75. The number of thiazole rings is 1. The smallest absolute Gasteiger partial charge is 0.227 e. The zero-order valence-electron chi connectivity index (χ0n) is 14.3. The van der Waals surface area contributed by atoms with Crippen LogP contribution in [0.1, 0.15) is 22.6 Å². The maximum atomic E-state index is 12.7. The third kappa shape index (κ3) is 3.50. The van der Waals surface area contributed by atoms with Crippen molar-refractivity contribution >= 4 is 34.5 Å². The van der Waals surface area contributed by atoms with E-state index < -0.39 is 0 Å². The number of anilines is 1. The van der Waals surface area contributed by atoms with Gasteiger partial charge in [0.2, 0.25) is 5.91 Å². The summed E-state index contributed by atoms with van der Waals surface area (Å²) in [6.07, 6.45) is 5.97. The van der Waals surface area contributed by atoms with Gasteiger partial charge in [0.25, 0.3) is 0 Å². The summed E-state index contributed by atoms with van der Waals surface area (Å²) in [6.45, 7) is 1.97. The van der Waals surface area contributed by atoms with E-state index in [1.54, 1.807) is 23.6 Å². The fourth-order valence-corrected chi connectivity index (χ4v) is 4.53. The zero-order valence-corrected chi connectivity index (χ0v) is 15.9. The summed E-state index contributed by atoms with van der Waals surface area (Å²) in [5, 5.41) is 4.65. The average Bonchev–Trinajstić information content (AvgIpc) is 3.08. The quantitative estimate of drug-likeness (QED) is 0.699. The van der Waals surface area contributed by atoms with Crippen LogP contribution in [0.15, 0.2) is 42.7 Å². The molecule has 2 heterocycles. The number of hydrogen-bond acceptors (Lipinski definition) is 4. The van der Waals surface area contributed by atoms with Gasteiger partial charge in [-0.2, -0.15) is 0 Å². The minimum atomic E-state index is -0.0388. The molecule has 0 aliphatic heterocycles. The number of halogens is 1. The summed E-state index contributed by atoms with van der Waals surface area (Å²) in [5.74, 6) is 0.0143. The number of nitrogens with zero attached hydrogens (tertiary/aromatic N) is 2. The van der Waals surface area contributed by atoms with E-state index in [0.29, 0.717) is 5.02 Å². The molecule has 0 fully saturated rings. The van der Waals surface area contributed by atoms with E-state index in [9.17, 15) is 4.79 Å². The number of nitrogens with one attached hydrogen (secondary N) is 1. The van der Waals surface area contributed by atoms with E-state index in [2.05, 4.69) is 10.3 Å². The predicted molar refractivity (Wildman–Crippen MR) is 106 cm³/mol. The Morgan fingerprint density at radius 2 is 2.23 bits per heavy atom. The molecule has 0 radical (unpaired) electrons. The topological polar surface area (TPSA) is 54.9 Å². The van der Waals surface area contributed by atoms with Gasteiger partial charge in [0.05, 0.1) is 5.69 Å². The predicted octanol–water partition coefficient (Wildman–Crippen LogP) is 4.91. The molecule has 26 heavy (non-hydrogen) atoms. The van der Waals surface area contributed by atoms with Gasteiger partial charge in [0, 0.05) is 39.5 Å². The molecule has 3 aromatic rings. The molecule has 1 amide bonds. The van der Waals surface area contributed by atoms with Gasteiger partial charge in [-0.3, -0.25) is 9.78 Å². The molecule has 0 saturated heterocycles. The van der Waals surface area contributed by atoms with Crippen LogP contribution >= 0.6 is 22.9 Å². The Balaban J connectivity index is 1.50. The van der Waals surface area contributed by atoms with Crippen LogP contribution in [0.25, 0.3) is 10.6 Å². The number of amides is 1. The largest absolute Gasteiger partial charge is 0.326 e. The van der Waals surface area contributed by atoms with Crippen LogP contribution in [0.5, 0.6) is 0 Å². The van der Waals surface area contributed by atoms with E-state index in [1.807, 2.05) is 37.4 Å². The Kier molecular flexibility index (Phi) is 4.74. The normalized spacial score (nSPS) is 16.2. The highest BCUT2D eigenvalue weighted by atomic mass is 35.5. The number of hydrogen-bond donors (Lipinski definition) is 1. The Morgan fingerprint density at radius 3 is 3.04 bits per heavy atom. The lowest BCUT2D eigenvalue weighted by Gasteiger charge is -2.21. The molecule has 1 aliphatic rings. The minimum Gasteiger partial charge on any atom is -0.326 e. The van der Waals surface area contributed by atoms with E-state index >= 15 is 0 Å². The molecule has 1 aromatic carbocycles. The van der Waals surface area contributed by atoms with Crippen molar-refractivity contribution in [2.24, 2.45) is 5.92 Å². The van der Waals surface area contributed by atoms with E-state index in [1.165, 1.54) is 4.88 Å². The lowest BCUT2D eigenvalue weighted by atomic mass is 9.90. The summed E-state index contributed by atoms with van der Waals surface area (Å²) < 4.78 is 0. The molecule has 0 spiro atoms. The molecular weight excluding hydrogens is 366 g/mol. The number of rotatable bonds is 3. The van der Waals surface area contributed by atoms with Crippen molar-refractivity contribution in [1.29, 1.82) is 0 Å². The van der Waals surface area contributed by atoms with Crippen LogP contribution in [0.3, 0.4) is 0 Å². The van der Waals surface area contributed by atoms with Gasteiger partial charge in [0.1, 0.15) is 5.01 Å². The summed E-state index contributed by atoms with van der Waals surface area (Å²) in [7, 11) is 0. The number of aromatic nitrogens is 2. The first-order valence-electron chi connectivity index (χ1n) is 8.56. The lowest BCUT2D eigenvalue weighted by Crippen LogP contribution is -2.28. The van der Waals surface area contributed by atoms with Crippen LogP contribution in [0, 0.1) is 12.8 Å². The maximum absolute atomic E-state index is 12.7. The van der Waals surface area contributed by atoms with Crippen molar-refractivity contribution in [3.63, 3.8) is 0 Å². The molecule has 0 saturated carbocycles. The molecule has 1 atom stereocenters. The number of aryl methyl sites for hydroxylation is 2. The third-order valence-corrected chi connectivity index (χ3v) is 6.08.